The number of carbonyl (C=O) groups is 1. The van der Waals surface area contributed by atoms with Gasteiger partial charge in [0.1, 0.15) is 0 Å². The summed E-state index contributed by atoms with van der Waals surface area (Å²) in [6, 6.07) is 3.04. The van der Waals surface area contributed by atoms with Crippen LogP contribution >= 0.6 is 0 Å². The number of anilines is 1. The third kappa shape index (κ3) is 3.78. The molecule has 7 heteroatoms. The first-order valence-corrected chi connectivity index (χ1v) is 6.44. The number of pyridine rings is 1. The molecule has 2 N–H and O–H groups in total. The second-order valence-corrected chi connectivity index (χ2v) is 4.27. The van der Waals surface area contributed by atoms with Crippen LogP contribution in [-0.2, 0) is 17.6 Å². The molecule has 0 bridgehead atoms. The van der Waals surface area contributed by atoms with Crippen LogP contribution in [0.2, 0.25) is 0 Å². The van der Waals surface area contributed by atoms with Crippen molar-refractivity contribution in [2.75, 3.05) is 5.32 Å². The highest BCUT2D eigenvalue weighted by atomic mass is 16.5. The summed E-state index contributed by atoms with van der Waals surface area (Å²) in [5.74, 6) is 0.909. The number of amides is 1. The molecule has 0 aliphatic rings. The lowest BCUT2D eigenvalue weighted by Gasteiger charge is -2.04. The molecule has 0 aliphatic heterocycles. The van der Waals surface area contributed by atoms with Gasteiger partial charge in [0.05, 0.1) is 0 Å². The third-order valence-corrected chi connectivity index (χ3v) is 2.59. The molecular weight excluding hydrogens is 260 g/mol. The van der Waals surface area contributed by atoms with E-state index >= 15 is 0 Å². The van der Waals surface area contributed by atoms with E-state index < -0.39 is 0 Å². The van der Waals surface area contributed by atoms with E-state index in [2.05, 4.69) is 20.4 Å². The highest BCUT2D eigenvalue weighted by Crippen LogP contribution is 2.18. The number of nitrogens with one attached hydrogen (secondary N) is 1. The van der Waals surface area contributed by atoms with Crippen LogP contribution in [0.4, 0.5) is 5.82 Å². The quantitative estimate of drug-likeness (QED) is 0.832. The zero-order valence-corrected chi connectivity index (χ0v) is 11.2. The molecule has 2 rings (SSSR count). The van der Waals surface area contributed by atoms with Gasteiger partial charge in [-0.15, -0.1) is 0 Å². The molecular formula is C13H16N4O3. The number of aryl methyl sites for hydroxylation is 2. The van der Waals surface area contributed by atoms with Crippen molar-refractivity contribution in [3.05, 3.63) is 30.0 Å². The number of hydrogen-bond acceptors (Lipinski definition) is 6. The van der Waals surface area contributed by atoms with Gasteiger partial charge in [0.15, 0.2) is 17.4 Å². The Bertz CT molecular complexity index is 583. The van der Waals surface area contributed by atoms with Crippen molar-refractivity contribution in [3.8, 4) is 5.75 Å². The van der Waals surface area contributed by atoms with Crippen LogP contribution in [-0.4, -0.2) is 26.1 Å². The van der Waals surface area contributed by atoms with Gasteiger partial charge in [-0.1, -0.05) is 12.1 Å². The minimum absolute atomic E-state index is 0.0659. The Kier molecular flexibility index (Phi) is 4.65. The first-order valence-electron chi connectivity index (χ1n) is 6.44. The minimum Gasteiger partial charge on any atom is -0.504 e. The number of aromatic hydroxyl groups is 1. The fourth-order valence-corrected chi connectivity index (χ4v) is 1.62. The summed E-state index contributed by atoms with van der Waals surface area (Å²) in [5, 5.41) is 15.8. The lowest BCUT2D eigenvalue weighted by molar-refractivity contribution is -0.116. The van der Waals surface area contributed by atoms with Crippen molar-refractivity contribution in [1.82, 2.24) is 15.1 Å². The van der Waals surface area contributed by atoms with Crippen LogP contribution in [0.5, 0.6) is 5.75 Å². The zero-order valence-electron chi connectivity index (χ0n) is 11.2. The molecule has 20 heavy (non-hydrogen) atoms. The maximum absolute atomic E-state index is 11.7. The predicted octanol–water partition coefficient (Wildman–Crippen LogP) is 1.69. The Morgan fingerprint density at radius 3 is 3.05 bits per heavy atom. The Labute approximate surface area is 116 Å². The standard InChI is InChI=1S/C13H16N4O3/c1-2-4-10-15-12(20-17-10)7-6-11(19)16-13-9(18)5-3-8-14-13/h3,5,8,18H,2,4,6-7H2,1H3,(H,14,16,19). The molecule has 0 saturated carbocycles. The number of nitrogens with zero attached hydrogens (tertiary/aromatic N) is 3. The van der Waals surface area contributed by atoms with Crippen molar-refractivity contribution in [1.29, 1.82) is 0 Å². The lowest BCUT2D eigenvalue weighted by Crippen LogP contribution is -2.13. The Hall–Kier alpha value is -2.44. The molecule has 2 aromatic heterocycles. The number of carbonyl (C=O) groups excluding carboxylic acids is 1. The molecule has 2 heterocycles. The SMILES string of the molecule is CCCc1noc(CCC(=O)Nc2ncccc2O)n1. The summed E-state index contributed by atoms with van der Waals surface area (Å²) in [4.78, 5) is 19.8. The lowest BCUT2D eigenvalue weighted by atomic mass is 10.3. The van der Waals surface area contributed by atoms with Crippen LogP contribution in [0.3, 0.4) is 0 Å². The zero-order chi connectivity index (χ0) is 14.4. The molecule has 0 unspecified atom stereocenters. The Morgan fingerprint density at radius 1 is 1.45 bits per heavy atom. The largest absolute Gasteiger partial charge is 0.504 e. The van der Waals surface area contributed by atoms with Crippen molar-refractivity contribution in [2.24, 2.45) is 0 Å². The Morgan fingerprint density at radius 2 is 2.30 bits per heavy atom. The van der Waals surface area contributed by atoms with Crippen LogP contribution < -0.4 is 5.32 Å². The number of hydrogen-bond donors (Lipinski definition) is 2. The summed E-state index contributed by atoms with van der Waals surface area (Å²) in [5.41, 5.74) is 0. The summed E-state index contributed by atoms with van der Waals surface area (Å²) in [7, 11) is 0. The van der Waals surface area contributed by atoms with Crippen molar-refractivity contribution < 1.29 is 14.4 Å². The molecule has 0 spiro atoms. The topological polar surface area (TPSA) is 101 Å². The second-order valence-electron chi connectivity index (χ2n) is 4.27. The average molecular weight is 276 g/mol. The van der Waals surface area contributed by atoms with Crippen LogP contribution in [0.15, 0.2) is 22.9 Å². The molecule has 0 aliphatic carbocycles. The van der Waals surface area contributed by atoms with E-state index in [1.165, 1.54) is 12.3 Å². The number of aromatic nitrogens is 3. The summed E-state index contributed by atoms with van der Waals surface area (Å²) < 4.78 is 5.04. The summed E-state index contributed by atoms with van der Waals surface area (Å²) in [6.45, 7) is 2.03. The fourth-order valence-electron chi connectivity index (χ4n) is 1.62. The fraction of sp³-hybridized carbons (Fsp3) is 0.385. The van der Waals surface area contributed by atoms with Crippen LogP contribution in [0.1, 0.15) is 31.5 Å². The van der Waals surface area contributed by atoms with Gasteiger partial charge in [0.25, 0.3) is 0 Å². The first-order chi connectivity index (χ1) is 9.69. The highest BCUT2D eigenvalue weighted by Gasteiger charge is 2.10. The van der Waals surface area contributed by atoms with E-state index in [4.69, 9.17) is 4.52 Å². The van der Waals surface area contributed by atoms with E-state index in [0.717, 1.165) is 12.8 Å². The van der Waals surface area contributed by atoms with Gasteiger partial charge < -0.3 is 14.9 Å². The van der Waals surface area contributed by atoms with Gasteiger partial charge in [-0.3, -0.25) is 4.79 Å². The van der Waals surface area contributed by atoms with Crippen molar-refractivity contribution in [2.45, 2.75) is 32.6 Å². The molecule has 0 atom stereocenters. The monoisotopic (exact) mass is 276 g/mol. The summed E-state index contributed by atoms with van der Waals surface area (Å²) in [6.07, 6.45) is 3.74. The van der Waals surface area contributed by atoms with Gasteiger partial charge in [-0.25, -0.2) is 4.98 Å². The minimum atomic E-state index is -0.269. The van der Waals surface area contributed by atoms with Crippen molar-refractivity contribution in [3.63, 3.8) is 0 Å². The van der Waals surface area contributed by atoms with Gasteiger partial charge in [0.2, 0.25) is 11.8 Å². The molecule has 7 nitrogen and oxygen atoms in total. The third-order valence-electron chi connectivity index (χ3n) is 2.59. The maximum atomic E-state index is 11.7. The average Bonchev–Trinajstić information content (AvgIpc) is 2.87. The van der Waals surface area contributed by atoms with E-state index in [-0.39, 0.29) is 23.9 Å². The smallest absolute Gasteiger partial charge is 0.227 e. The first kappa shape index (κ1) is 14.0. The van der Waals surface area contributed by atoms with Crippen molar-refractivity contribution >= 4 is 11.7 Å². The molecule has 1 amide bonds. The maximum Gasteiger partial charge on any atom is 0.227 e. The van der Waals surface area contributed by atoms with Gasteiger partial charge in [-0.05, 0) is 18.6 Å². The molecule has 0 aromatic carbocycles. The molecule has 0 fully saturated rings. The Balaban J connectivity index is 1.84. The number of rotatable bonds is 6. The molecule has 0 radical (unpaired) electrons. The van der Waals surface area contributed by atoms with Gasteiger partial charge in [0, 0.05) is 25.5 Å². The molecule has 0 saturated heterocycles. The van der Waals surface area contributed by atoms with Gasteiger partial charge >= 0.3 is 0 Å². The predicted molar refractivity (Wildman–Crippen MR) is 71.1 cm³/mol. The molecule has 2 aromatic rings. The highest BCUT2D eigenvalue weighted by molar-refractivity contribution is 5.91. The van der Waals surface area contributed by atoms with E-state index in [1.54, 1.807) is 6.07 Å². The van der Waals surface area contributed by atoms with E-state index in [1.807, 2.05) is 6.92 Å². The molecule has 106 valence electrons. The second kappa shape index (κ2) is 6.65. The van der Waals surface area contributed by atoms with Gasteiger partial charge in [-0.2, -0.15) is 4.98 Å². The van der Waals surface area contributed by atoms with E-state index in [0.29, 0.717) is 18.1 Å². The normalized spacial score (nSPS) is 10.4. The van der Waals surface area contributed by atoms with Crippen LogP contribution in [0, 0.1) is 0 Å². The summed E-state index contributed by atoms with van der Waals surface area (Å²) >= 11 is 0. The van der Waals surface area contributed by atoms with Crippen LogP contribution in [0.25, 0.3) is 0 Å². The van der Waals surface area contributed by atoms with E-state index in [9.17, 15) is 9.90 Å².